The smallest absolute Gasteiger partial charge is 0.277 e. The van der Waals surface area contributed by atoms with Gasteiger partial charge in [0.2, 0.25) is 0 Å². The van der Waals surface area contributed by atoms with E-state index in [9.17, 15) is 4.79 Å². The zero-order valence-electron chi connectivity index (χ0n) is 9.94. The van der Waals surface area contributed by atoms with Gasteiger partial charge >= 0.3 is 0 Å². The normalized spacial score (nSPS) is 10.4. The Morgan fingerprint density at radius 2 is 2.22 bits per heavy atom. The van der Waals surface area contributed by atoms with Gasteiger partial charge in [-0.05, 0) is 35.0 Å². The van der Waals surface area contributed by atoms with Crippen molar-refractivity contribution in [1.29, 1.82) is 0 Å². The van der Waals surface area contributed by atoms with E-state index in [0.29, 0.717) is 21.7 Å². The number of carbonyl (C=O) groups excluding carboxylic acids is 1. The third-order valence-corrected chi connectivity index (χ3v) is 3.05. The highest BCUT2D eigenvalue weighted by molar-refractivity contribution is 9.10. The molecule has 0 atom stereocenters. The molecule has 3 N–H and O–H groups in total. The van der Waals surface area contributed by atoms with E-state index in [1.54, 1.807) is 23.9 Å². The molecular weight excluding hydrogens is 298 g/mol. The van der Waals surface area contributed by atoms with Gasteiger partial charge in [0.1, 0.15) is 5.82 Å². The van der Waals surface area contributed by atoms with Crippen molar-refractivity contribution in [2.75, 3.05) is 11.1 Å². The molecule has 7 heteroatoms. The van der Waals surface area contributed by atoms with Crippen molar-refractivity contribution in [3.8, 4) is 0 Å². The van der Waals surface area contributed by atoms with Gasteiger partial charge in [-0.25, -0.2) is 4.98 Å². The van der Waals surface area contributed by atoms with E-state index >= 15 is 0 Å². The molecule has 0 fully saturated rings. The molecule has 2 aromatic heterocycles. The lowest BCUT2D eigenvalue weighted by Gasteiger charge is -2.05. The first-order valence-electron chi connectivity index (χ1n) is 5.20. The minimum Gasteiger partial charge on any atom is -0.397 e. The number of hydrogen-bond donors (Lipinski definition) is 2. The molecule has 0 saturated carbocycles. The second-order valence-electron chi connectivity index (χ2n) is 3.85. The first-order chi connectivity index (χ1) is 8.47. The molecule has 94 valence electrons. The van der Waals surface area contributed by atoms with E-state index < -0.39 is 0 Å². The van der Waals surface area contributed by atoms with Crippen LogP contribution in [0.15, 0.2) is 22.8 Å². The second-order valence-corrected chi connectivity index (χ2v) is 4.70. The molecule has 6 nitrogen and oxygen atoms in total. The van der Waals surface area contributed by atoms with Crippen molar-refractivity contribution in [3.05, 3.63) is 34.2 Å². The van der Waals surface area contributed by atoms with Crippen LogP contribution in [0.3, 0.4) is 0 Å². The average Bonchev–Trinajstić information content (AvgIpc) is 2.63. The number of nitrogens with two attached hydrogens (primary N) is 1. The maximum Gasteiger partial charge on any atom is 0.277 e. The zero-order valence-corrected chi connectivity index (χ0v) is 11.5. The molecule has 2 aromatic rings. The molecule has 2 rings (SSSR count). The van der Waals surface area contributed by atoms with Crippen LogP contribution in [0, 0.1) is 6.92 Å². The van der Waals surface area contributed by atoms with Crippen LogP contribution >= 0.6 is 15.9 Å². The summed E-state index contributed by atoms with van der Waals surface area (Å²) in [6.45, 7) is 1.88. The van der Waals surface area contributed by atoms with E-state index in [4.69, 9.17) is 5.73 Å². The van der Waals surface area contributed by atoms with Gasteiger partial charge in [-0.15, -0.1) is 0 Å². The van der Waals surface area contributed by atoms with Gasteiger partial charge in [-0.3, -0.25) is 9.48 Å². The lowest BCUT2D eigenvalue weighted by atomic mass is 10.3. The van der Waals surface area contributed by atoms with Gasteiger partial charge in [0.25, 0.3) is 5.91 Å². The molecule has 0 radical (unpaired) electrons. The van der Waals surface area contributed by atoms with Crippen LogP contribution in [0.1, 0.15) is 16.2 Å². The summed E-state index contributed by atoms with van der Waals surface area (Å²) in [7, 11) is 1.78. The molecule has 0 saturated heterocycles. The monoisotopic (exact) mass is 309 g/mol. The van der Waals surface area contributed by atoms with Crippen molar-refractivity contribution < 1.29 is 4.79 Å². The number of nitrogens with one attached hydrogen (secondary N) is 1. The number of hydrogen-bond acceptors (Lipinski definition) is 4. The summed E-state index contributed by atoms with van der Waals surface area (Å²) >= 11 is 3.28. The Morgan fingerprint density at radius 3 is 2.78 bits per heavy atom. The molecule has 0 bridgehead atoms. The molecular formula is C11H12BrN5O. The number of nitrogens with zero attached hydrogens (tertiary/aromatic N) is 3. The average molecular weight is 310 g/mol. The fourth-order valence-electron chi connectivity index (χ4n) is 1.39. The van der Waals surface area contributed by atoms with Crippen LogP contribution in [0.2, 0.25) is 0 Å². The minimum absolute atomic E-state index is 0.309. The predicted octanol–water partition coefficient (Wildman–Crippen LogP) is 1.72. The molecule has 0 unspecified atom stereocenters. The molecule has 0 aliphatic rings. The van der Waals surface area contributed by atoms with Crippen molar-refractivity contribution in [1.82, 2.24) is 14.8 Å². The molecule has 18 heavy (non-hydrogen) atoms. The summed E-state index contributed by atoms with van der Waals surface area (Å²) in [5, 5.41) is 6.76. The highest BCUT2D eigenvalue weighted by atomic mass is 79.9. The van der Waals surface area contributed by atoms with Crippen LogP contribution in [0.5, 0.6) is 0 Å². The topological polar surface area (TPSA) is 85.8 Å². The number of anilines is 2. The zero-order chi connectivity index (χ0) is 13.3. The molecule has 0 spiro atoms. The van der Waals surface area contributed by atoms with Crippen LogP contribution < -0.4 is 11.1 Å². The molecule has 0 aromatic carbocycles. The first-order valence-corrected chi connectivity index (χ1v) is 5.99. The Labute approximate surface area is 112 Å². The van der Waals surface area contributed by atoms with Gasteiger partial charge in [0.15, 0.2) is 5.69 Å². The molecule has 2 heterocycles. The minimum atomic E-state index is -0.309. The second kappa shape index (κ2) is 4.77. The van der Waals surface area contributed by atoms with E-state index in [1.165, 1.54) is 6.20 Å². The summed E-state index contributed by atoms with van der Waals surface area (Å²) in [6.07, 6.45) is 1.48. The van der Waals surface area contributed by atoms with Crippen LogP contribution in [-0.4, -0.2) is 20.7 Å². The van der Waals surface area contributed by atoms with E-state index in [2.05, 4.69) is 31.3 Å². The fraction of sp³-hybridized carbons (Fsp3) is 0.182. The number of halogens is 1. The maximum atomic E-state index is 11.9. The summed E-state index contributed by atoms with van der Waals surface area (Å²) in [5.41, 5.74) is 7.35. The van der Waals surface area contributed by atoms with Crippen molar-refractivity contribution >= 4 is 33.3 Å². The molecule has 1 amide bonds. The van der Waals surface area contributed by atoms with Gasteiger partial charge in [0, 0.05) is 12.7 Å². The van der Waals surface area contributed by atoms with Crippen LogP contribution in [-0.2, 0) is 7.05 Å². The number of amides is 1. The number of nitrogen functional groups attached to an aromatic ring is 1. The Balaban J connectivity index is 2.21. The van der Waals surface area contributed by atoms with Crippen LogP contribution in [0.25, 0.3) is 0 Å². The predicted molar refractivity (Wildman–Crippen MR) is 72.2 cm³/mol. The fourth-order valence-corrected chi connectivity index (χ4v) is 1.85. The summed E-state index contributed by atoms with van der Waals surface area (Å²) in [5.74, 6) is 0.106. The maximum absolute atomic E-state index is 11.9. The summed E-state index contributed by atoms with van der Waals surface area (Å²) in [4.78, 5) is 16.0. The largest absolute Gasteiger partial charge is 0.397 e. The standard InChI is InChI=1S/C11H12BrN5O/c1-6-3-9(16-17(6)2)11(18)15-10-8(12)4-7(13)5-14-10/h3-5H,13H2,1-2H3,(H,14,15,18). The lowest BCUT2D eigenvalue weighted by molar-refractivity contribution is 0.102. The molecule has 0 aliphatic carbocycles. The van der Waals surface area contributed by atoms with E-state index in [0.717, 1.165) is 5.69 Å². The van der Waals surface area contributed by atoms with Gasteiger partial charge in [-0.2, -0.15) is 5.10 Å². The van der Waals surface area contributed by atoms with Crippen LogP contribution in [0.4, 0.5) is 11.5 Å². The number of aryl methyl sites for hydroxylation is 2. The lowest BCUT2D eigenvalue weighted by Crippen LogP contribution is -2.14. The third-order valence-electron chi connectivity index (χ3n) is 2.44. The van der Waals surface area contributed by atoms with E-state index in [1.807, 2.05) is 6.92 Å². The van der Waals surface area contributed by atoms with Gasteiger partial charge < -0.3 is 11.1 Å². The highest BCUT2D eigenvalue weighted by Gasteiger charge is 2.13. The number of rotatable bonds is 2. The number of aromatic nitrogens is 3. The Hall–Kier alpha value is -1.89. The highest BCUT2D eigenvalue weighted by Crippen LogP contribution is 2.22. The first kappa shape index (κ1) is 12.6. The quantitative estimate of drug-likeness (QED) is 0.884. The van der Waals surface area contributed by atoms with Crippen molar-refractivity contribution in [2.45, 2.75) is 6.92 Å². The Bertz CT molecular complexity index is 588. The Morgan fingerprint density at radius 1 is 1.50 bits per heavy atom. The van der Waals surface area contributed by atoms with Crippen molar-refractivity contribution in [2.24, 2.45) is 7.05 Å². The number of carbonyl (C=O) groups is 1. The summed E-state index contributed by atoms with van der Waals surface area (Å²) < 4.78 is 2.27. The van der Waals surface area contributed by atoms with Gasteiger partial charge in [0.05, 0.1) is 16.4 Å². The number of pyridine rings is 1. The van der Waals surface area contributed by atoms with E-state index in [-0.39, 0.29) is 5.91 Å². The SMILES string of the molecule is Cc1cc(C(=O)Nc2ncc(N)cc2Br)nn1C. The Kier molecular flexibility index (Phi) is 3.33. The van der Waals surface area contributed by atoms with Crippen molar-refractivity contribution in [3.63, 3.8) is 0 Å². The third kappa shape index (κ3) is 2.51. The van der Waals surface area contributed by atoms with Gasteiger partial charge in [-0.1, -0.05) is 0 Å². The summed E-state index contributed by atoms with van der Waals surface area (Å²) in [6, 6.07) is 3.38. The molecule has 0 aliphatic heterocycles.